The lowest BCUT2D eigenvalue weighted by atomic mass is 10.2. The van der Waals surface area contributed by atoms with Gasteiger partial charge in [-0.1, -0.05) is 30.3 Å². The predicted molar refractivity (Wildman–Crippen MR) is 116 cm³/mol. The first-order valence-corrected chi connectivity index (χ1v) is 9.16. The molecule has 0 aliphatic carbocycles. The van der Waals surface area contributed by atoms with Crippen LogP contribution in [0.3, 0.4) is 0 Å². The number of nitrogens with one attached hydrogen (secondary N) is 1. The lowest BCUT2D eigenvalue weighted by molar-refractivity contribution is 0.372. The summed E-state index contributed by atoms with van der Waals surface area (Å²) in [6.07, 6.45) is 1.77. The van der Waals surface area contributed by atoms with Crippen LogP contribution in [0.5, 0.6) is 0 Å². The average molecular weight is 472 g/mol. The molecule has 25 heavy (non-hydrogen) atoms. The molecule has 3 rings (SSSR count). The molecule has 5 nitrogen and oxygen atoms in total. The number of benzene rings is 1. The van der Waals surface area contributed by atoms with Gasteiger partial charge in [-0.2, -0.15) is 11.8 Å². The highest BCUT2D eigenvalue weighted by atomic mass is 127. The van der Waals surface area contributed by atoms with Gasteiger partial charge in [0.05, 0.1) is 12.7 Å². The van der Waals surface area contributed by atoms with Gasteiger partial charge in [0, 0.05) is 36.2 Å². The first-order chi connectivity index (χ1) is 11.6. The normalized spacial score (nSPS) is 17.1. The summed E-state index contributed by atoms with van der Waals surface area (Å²) in [6.45, 7) is 7.07. The molecule has 2 heterocycles. The zero-order chi connectivity index (χ0) is 17.0. The van der Waals surface area contributed by atoms with Crippen LogP contribution in [0.25, 0.3) is 11.3 Å². The lowest BCUT2D eigenvalue weighted by Gasteiger charge is -2.39. The second-order valence-corrected chi connectivity index (χ2v) is 8.22. The minimum atomic E-state index is 0. The molecule has 2 aromatic rings. The number of thioether (sulfide) groups is 1. The van der Waals surface area contributed by atoms with E-state index in [9.17, 15) is 0 Å². The van der Waals surface area contributed by atoms with E-state index in [2.05, 4.69) is 34.0 Å². The molecule has 1 aromatic heterocycles. The minimum Gasteiger partial charge on any atom is -0.439 e. The lowest BCUT2D eigenvalue weighted by Crippen LogP contribution is -2.50. The monoisotopic (exact) mass is 472 g/mol. The zero-order valence-electron chi connectivity index (χ0n) is 14.9. The number of hydrogen-bond acceptors (Lipinski definition) is 4. The quantitative estimate of drug-likeness (QED) is 0.418. The molecule has 1 aromatic carbocycles. The summed E-state index contributed by atoms with van der Waals surface area (Å²) in [5.74, 6) is 3.48. The molecule has 1 aliphatic rings. The fourth-order valence-electron chi connectivity index (χ4n) is 2.81. The van der Waals surface area contributed by atoms with Gasteiger partial charge in [0.15, 0.2) is 11.7 Å². The Hall–Kier alpha value is -1.22. The molecule has 0 saturated carbocycles. The fourth-order valence-corrected chi connectivity index (χ4v) is 3.92. The van der Waals surface area contributed by atoms with Crippen molar-refractivity contribution in [1.29, 1.82) is 0 Å². The van der Waals surface area contributed by atoms with Crippen molar-refractivity contribution in [2.24, 2.45) is 4.99 Å². The van der Waals surface area contributed by atoms with Gasteiger partial charge in [0.1, 0.15) is 0 Å². The molecule has 0 atom stereocenters. The van der Waals surface area contributed by atoms with Crippen molar-refractivity contribution in [1.82, 2.24) is 15.2 Å². The zero-order valence-corrected chi connectivity index (χ0v) is 18.0. The van der Waals surface area contributed by atoms with E-state index in [1.54, 1.807) is 6.20 Å². The molecule has 0 radical (unpaired) electrons. The van der Waals surface area contributed by atoms with Crippen molar-refractivity contribution in [3.05, 3.63) is 42.4 Å². The maximum Gasteiger partial charge on any atom is 0.214 e. The second-order valence-electron chi connectivity index (χ2n) is 6.41. The summed E-state index contributed by atoms with van der Waals surface area (Å²) < 4.78 is 6.09. The average Bonchev–Trinajstić information content (AvgIpc) is 3.04. The van der Waals surface area contributed by atoms with E-state index in [1.165, 1.54) is 0 Å². The summed E-state index contributed by atoms with van der Waals surface area (Å²) in [5.41, 5.74) is 1.04. The maximum absolute atomic E-state index is 5.84. The minimum absolute atomic E-state index is 0. The van der Waals surface area contributed by atoms with E-state index >= 15 is 0 Å². The van der Waals surface area contributed by atoms with Gasteiger partial charge >= 0.3 is 0 Å². The third kappa shape index (κ3) is 5.37. The third-order valence-electron chi connectivity index (χ3n) is 3.95. The van der Waals surface area contributed by atoms with E-state index in [0.717, 1.165) is 36.1 Å². The Labute approximate surface area is 170 Å². The Balaban J connectivity index is 0.00000225. The maximum atomic E-state index is 5.84. The van der Waals surface area contributed by atoms with Crippen molar-refractivity contribution in [3.63, 3.8) is 0 Å². The van der Waals surface area contributed by atoms with Gasteiger partial charge in [-0.25, -0.2) is 4.98 Å². The molecule has 1 fully saturated rings. The van der Waals surface area contributed by atoms with Crippen LogP contribution in [-0.2, 0) is 6.54 Å². The Bertz CT molecular complexity index is 702. The summed E-state index contributed by atoms with van der Waals surface area (Å²) in [6, 6.07) is 10.0. The number of hydrogen-bond donors (Lipinski definition) is 1. The highest BCUT2D eigenvalue weighted by molar-refractivity contribution is 14.0. The van der Waals surface area contributed by atoms with Crippen LogP contribution in [0.4, 0.5) is 0 Å². The summed E-state index contributed by atoms with van der Waals surface area (Å²) in [4.78, 5) is 11.1. The molecule has 0 unspecified atom stereocenters. The Morgan fingerprint density at radius 2 is 2.12 bits per heavy atom. The molecule has 136 valence electrons. The molecule has 1 saturated heterocycles. The Morgan fingerprint density at radius 3 is 2.80 bits per heavy atom. The van der Waals surface area contributed by atoms with Crippen LogP contribution < -0.4 is 5.32 Å². The SMILES string of the molecule is CN=C(NCc1ncc(-c2ccccc2)o1)N1CCSC(C)(C)C1.I. The van der Waals surface area contributed by atoms with Crippen molar-refractivity contribution in [2.75, 3.05) is 25.9 Å². The van der Waals surface area contributed by atoms with Crippen LogP contribution in [-0.4, -0.2) is 46.5 Å². The molecule has 1 N–H and O–H groups in total. The van der Waals surface area contributed by atoms with Gasteiger partial charge in [-0.15, -0.1) is 24.0 Å². The fraction of sp³-hybridized carbons (Fsp3) is 0.444. The smallest absolute Gasteiger partial charge is 0.214 e. The van der Waals surface area contributed by atoms with Crippen molar-refractivity contribution < 1.29 is 4.42 Å². The topological polar surface area (TPSA) is 53.7 Å². The number of oxazole rings is 1. The first-order valence-electron chi connectivity index (χ1n) is 8.17. The van der Waals surface area contributed by atoms with Gasteiger partial charge in [0.25, 0.3) is 0 Å². The van der Waals surface area contributed by atoms with Crippen molar-refractivity contribution in [2.45, 2.75) is 25.1 Å². The van der Waals surface area contributed by atoms with Crippen molar-refractivity contribution in [3.8, 4) is 11.3 Å². The summed E-state index contributed by atoms with van der Waals surface area (Å²) in [7, 11) is 1.82. The van der Waals surface area contributed by atoms with E-state index in [0.29, 0.717) is 12.4 Å². The number of halogens is 1. The van der Waals surface area contributed by atoms with Gasteiger partial charge in [-0.05, 0) is 13.8 Å². The molecule has 7 heteroatoms. The highest BCUT2D eigenvalue weighted by Crippen LogP contribution is 2.29. The standard InChI is InChI=1S/C18H24N4OS.HI/c1-18(2)13-22(9-10-24-18)17(19-3)21-12-16-20-11-15(23-16)14-7-5-4-6-8-14;/h4-8,11H,9-10,12-13H2,1-3H3,(H,19,21);1H. The molecule has 0 amide bonds. The number of aliphatic imine (C=N–C) groups is 1. The number of nitrogens with zero attached hydrogens (tertiary/aromatic N) is 3. The second kappa shape index (κ2) is 8.93. The van der Waals surface area contributed by atoms with Crippen molar-refractivity contribution >= 4 is 41.7 Å². The highest BCUT2D eigenvalue weighted by Gasteiger charge is 2.28. The van der Waals surface area contributed by atoms with Crippen LogP contribution in [0, 0.1) is 0 Å². The molecule has 0 bridgehead atoms. The Kier molecular flexibility index (Phi) is 7.18. The molecular formula is C18H25IN4OS. The van der Waals surface area contributed by atoms with Gasteiger partial charge in [-0.3, -0.25) is 4.99 Å². The van der Waals surface area contributed by atoms with Crippen LogP contribution >= 0.6 is 35.7 Å². The summed E-state index contributed by atoms with van der Waals surface area (Å²) in [5, 5.41) is 3.37. The van der Waals surface area contributed by atoms with Gasteiger partial charge < -0.3 is 14.6 Å². The summed E-state index contributed by atoms with van der Waals surface area (Å²) >= 11 is 2.01. The number of rotatable bonds is 3. The van der Waals surface area contributed by atoms with E-state index in [1.807, 2.05) is 49.1 Å². The molecular weight excluding hydrogens is 447 g/mol. The van der Waals surface area contributed by atoms with E-state index in [4.69, 9.17) is 4.42 Å². The van der Waals surface area contributed by atoms with Crippen LogP contribution in [0.15, 0.2) is 45.9 Å². The Morgan fingerprint density at radius 1 is 1.36 bits per heavy atom. The number of guanidine groups is 1. The molecule has 0 spiro atoms. The number of aromatic nitrogens is 1. The third-order valence-corrected chi connectivity index (χ3v) is 5.24. The van der Waals surface area contributed by atoms with E-state index < -0.39 is 0 Å². The first kappa shape index (κ1) is 20.1. The van der Waals surface area contributed by atoms with Crippen LogP contribution in [0.1, 0.15) is 19.7 Å². The van der Waals surface area contributed by atoms with E-state index in [-0.39, 0.29) is 28.7 Å². The van der Waals surface area contributed by atoms with Gasteiger partial charge in [0.2, 0.25) is 5.89 Å². The largest absolute Gasteiger partial charge is 0.439 e. The predicted octanol–water partition coefficient (Wildman–Crippen LogP) is 3.86. The molecule has 1 aliphatic heterocycles. The van der Waals surface area contributed by atoms with Crippen LogP contribution in [0.2, 0.25) is 0 Å².